The number of aliphatic carboxylic acids is 1. The first-order valence-corrected chi connectivity index (χ1v) is 4.40. The van der Waals surface area contributed by atoms with Gasteiger partial charge in [0.1, 0.15) is 5.78 Å². The van der Waals surface area contributed by atoms with Crippen LogP contribution < -0.4 is 0 Å². The average Bonchev–Trinajstić information content (AvgIpc) is 2.42. The molecule has 0 spiro atoms. The molecule has 0 aromatic rings. The van der Waals surface area contributed by atoms with Crippen LogP contribution in [0.3, 0.4) is 0 Å². The number of ketones is 1. The molecular formula is C9H12O3. The zero-order valence-corrected chi connectivity index (χ0v) is 6.88. The zero-order valence-electron chi connectivity index (χ0n) is 6.88. The van der Waals surface area contributed by atoms with Crippen molar-refractivity contribution in [3.63, 3.8) is 0 Å². The summed E-state index contributed by atoms with van der Waals surface area (Å²) in [4.78, 5) is 22.1. The molecule has 2 rings (SSSR count). The maximum absolute atomic E-state index is 11.1. The monoisotopic (exact) mass is 168 g/mol. The van der Waals surface area contributed by atoms with Crippen LogP contribution in [-0.4, -0.2) is 16.9 Å². The van der Waals surface area contributed by atoms with E-state index < -0.39 is 11.4 Å². The molecule has 0 amide bonds. The van der Waals surface area contributed by atoms with E-state index in [0.717, 1.165) is 12.8 Å². The molecule has 2 aliphatic rings. The molecule has 2 fully saturated rings. The Morgan fingerprint density at radius 3 is 2.92 bits per heavy atom. The SMILES string of the molecule is O=C1CC2CCCC2(C(=O)O)C1. The van der Waals surface area contributed by atoms with Gasteiger partial charge in [0, 0.05) is 12.8 Å². The molecule has 0 radical (unpaired) electrons. The van der Waals surface area contributed by atoms with Crippen molar-refractivity contribution in [2.45, 2.75) is 32.1 Å². The van der Waals surface area contributed by atoms with Gasteiger partial charge in [0.15, 0.2) is 0 Å². The Labute approximate surface area is 70.8 Å². The fourth-order valence-corrected chi connectivity index (χ4v) is 2.73. The summed E-state index contributed by atoms with van der Waals surface area (Å²) in [6.07, 6.45) is 3.40. The van der Waals surface area contributed by atoms with E-state index in [0.29, 0.717) is 12.8 Å². The first kappa shape index (κ1) is 7.77. The standard InChI is InChI=1S/C9H12O3/c10-7-4-6-2-1-3-9(6,5-7)8(11)12/h6H,1-5H2,(H,11,12). The molecule has 0 heterocycles. The predicted octanol–water partition coefficient (Wildman–Crippen LogP) is 1.22. The van der Waals surface area contributed by atoms with E-state index in [4.69, 9.17) is 5.11 Å². The van der Waals surface area contributed by atoms with E-state index in [-0.39, 0.29) is 18.1 Å². The highest BCUT2D eigenvalue weighted by molar-refractivity contribution is 5.91. The van der Waals surface area contributed by atoms with Crippen molar-refractivity contribution < 1.29 is 14.7 Å². The van der Waals surface area contributed by atoms with Crippen LogP contribution in [0.15, 0.2) is 0 Å². The molecule has 0 saturated heterocycles. The Bertz CT molecular complexity index is 246. The number of fused-ring (bicyclic) bond motifs is 1. The van der Waals surface area contributed by atoms with Crippen LogP contribution in [0.1, 0.15) is 32.1 Å². The second kappa shape index (κ2) is 2.31. The third-order valence-electron chi connectivity index (χ3n) is 3.37. The highest BCUT2D eigenvalue weighted by Crippen LogP contribution is 2.52. The van der Waals surface area contributed by atoms with Gasteiger partial charge in [-0.1, -0.05) is 6.42 Å². The lowest BCUT2D eigenvalue weighted by Crippen LogP contribution is -2.30. The van der Waals surface area contributed by atoms with E-state index in [2.05, 4.69) is 0 Å². The summed E-state index contributed by atoms with van der Waals surface area (Å²) in [6.45, 7) is 0. The number of carbonyl (C=O) groups excluding carboxylic acids is 1. The molecule has 0 aromatic heterocycles. The van der Waals surface area contributed by atoms with E-state index in [9.17, 15) is 9.59 Å². The van der Waals surface area contributed by atoms with Gasteiger partial charge in [0.25, 0.3) is 0 Å². The van der Waals surface area contributed by atoms with Crippen LogP contribution >= 0.6 is 0 Å². The van der Waals surface area contributed by atoms with Crippen molar-refractivity contribution in [3.05, 3.63) is 0 Å². The van der Waals surface area contributed by atoms with Crippen LogP contribution in [0.5, 0.6) is 0 Å². The van der Waals surface area contributed by atoms with Crippen molar-refractivity contribution in [1.29, 1.82) is 0 Å². The second-order valence-corrected chi connectivity index (χ2v) is 3.97. The minimum Gasteiger partial charge on any atom is -0.481 e. The highest BCUT2D eigenvalue weighted by atomic mass is 16.4. The lowest BCUT2D eigenvalue weighted by atomic mass is 9.81. The molecule has 0 bridgehead atoms. The third-order valence-corrected chi connectivity index (χ3v) is 3.37. The molecule has 12 heavy (non-hydrogen) atoms. The minimum atomic E-state index is -0.754. The summed E-state index contributed by atoms with van der Waals surface area (Å²) in [7, 11) is 0. The summed E-state index contributed by atoms with van der Waals surface area (Å²) in [5.74, 6) is -0.472. The zero-order chi connectivity index (χ0) is 8.77. The van der Waals surface area contributed by atoms with Gasteiger partial charge in [-0.2, -0.15) is 0 Å². The van der Waals surface area contributed by atoms with Gasteiger partial charge in [-0.25, -0.2) is 0 Å². The average molecular weight is 168 g/mol. The van der Waals surface area contributed by atoms with Crippen molar-refractivity contribution in [3.8, 4) is 0 Å². The largest absolute Gasteiger partial charge is 0.481 e. The minimum absolute atomic E-state index is 0.141. The van der Waals surface area contributed by atoms with Gasteiger partial charge in [-0.3, -0.25) is 9.59 Å². The van der Waals surface area contributed by atoms with Crippen molar-refractivity contribution in [2.24, 2.45) is 11.3 Å². The lowest BCUT2D eigenvalue weighted by molar-refractivity contribution is -0.150. The number of hydrogen-bond donors (Lipinski definition) is 1. The number of Topliss-reactive ketones (excluding diaryl/α,β-unsaturated/α-hetero) is 1. The third kappa shape index (κ3) is 0.822. The van der Waals surface area contributed by atoms with Gasteiger partial charge in [-0.05, 0) is 18.8 Å². The lowest BCUT2D eigenvalue weighted by Gasteiger charge is -2.21. The Balaban J connectivity index is 2.32. The van der Waals surface area contributed by atoms with Gasteiger partial charge in [-0.15, -0.1) is 0 Å². The second-order valence-electron chi connectivity index (χ2n) is 3.97. The van der Waals surface area contributed by atoms with Gasteiger partial charge in [0.05, 0.1) is 5.41 Å². The molecule has 66 valence electrons. The summed E-state index contributed by atoms with van der Waals surface area (Å²) in [5, 5.41) is 9.04. The van der Waals surface area contributed by atoms with Crippen molar-refractivity contribution in [1.82, 2.24) is 0 Å². The molecule has 2 aliphatic carbocycles. The first-order valence-electron chi connectivity index (χ1n) is 4.40. The summed E-state index contributed by atoms with van der Waals surface area (Å²) < 4.78 is 0. The normalized spacial score (nSPS) is 40.0. The Kier molecular flexibility index (Phi) is 1.50. The smallest absolute Gasteiger partial charge is 0.310 e. The number of carbonyl (C=O) groups is 2. The Morgan fingerprint density at radius 1 is 1.58 bits per heavy atom. The van der Waals surface area contributed by atoms with E-state index in [1.54, 1.807) is 0 Å². The fraction of sp³-hybridized carbons (Fsp3) is 0.778. The Morgan fingerprint density at radius 2 is 2.33 bits per heavy atom. The van der Waals surface area contributed by atoms with E-state index in [1.165, 1.54) is 0 Å². The molecular weight excluding hydrogens is 156 g/mol. The highest BCUT2D eigenvalue weighted by Gasteiger charge is 2.54. The molecule has 0 aromatic carbocycles. The first-order chi connectivity index (χ1) is 5.65. The molecule has 2 atom stereocenters. The molecule has 2 unspecified atom stereocenters. The number of rotatable bonds is 1. The molecule has 2 saturated carbocycles. The predicted molar refractivity (Wildman–Crippen MR) is 41.7 cm³/mol. The Hall–Kier alpha value is -0.860. The maximum Gasteiger partial charge on any atom is 0.310 e. The van der Waals surface area contributed by atoms with Crippen LogP contribution in [-0.2, 0) is 9.59 Å². The molecule has 1 N–H and O–H groups in total. The van der Waals surface area contributed by atoms with Gasteiger partial charge < -0.3 is 5.11 Å². The van der Waals surface area contributed by atoms with Crippen LogP contribution in [0.25, 0.3) is 0 Å². The number of hydrogen-bond acceptors (Lipinski definition) is 2. The number of carboxylic acids is 1. The van der Waals surface area contributed by atoms with Crippen LogP contribution in [0.4, 0.5) is 0 Å². The maximum atomic E-state index is 11.1. The quantitative estimate of drug-likeness (QED) is 0.640. The molecule has 3 nitrogen and oxygen atoms in total. The summed E-state index contributed by atoms with van der Waals surface area (Å²) >= 11 is 0. The van der Waals surface area contributed by atoms with E-state index in [1.807, 2.05) is 0 Å². The topological polar surface area (TPSA) is 54.4 Å². The van der Waals surface area contributed by atoms with Gasteiger partial charge in [0.2, 0.25) is 0 Å². The molecule has 3 heteroatoms. The van der Waals surface area contributed by atoms with Crippen LogP contribution in [0, 0.1) is 11.3 Å². The van der Waals surface area contributed by atoms with Crippen molar-refractivity contribution >= 4 is 11.8 Å². The molecule has 0 aliphatic heterocycles. The van der Waals surface area contributed by atoms with E-state index >= 15 is 0 Å². The number of carboxylic acid groups (broad SMARTS) is 1. The summed E-state index contributed by atoms with van der Waals surface area (Å²) in [5.41, 5.74) is -0.656. The van der Waals surface area contributed by atoms with Crippen molar-refractivity contribution in [2.75, 3.05) is 0 Å². The van der Waals surface area contributed by atoms with Crippen LogP contribution in [0.2, 0.25) is 0 Å². The fourth-order valence-electron chi connectivity index (χ4n) is 2.73. The summed E-state index contributed by atoms with van der Waals surface area (Å²) in [6, 6.07) is 0. The van der Waals surface area contributed by atoms with Gasteiger partial charge >= 0.3 is 5.97 Å².